The van der Waals surface area contributed by atoms with E-state index in [0.29, 0.717) is 24.3 Å². The van der Waals surface area contributed by atoms with Crippen LogP contribution in [0.2, 0.25) is 0 Å². The topological polar surface area (TPSA) is 54.8 Å². The van der Waals surface area contributed by atoms with Crippen LogP contribution in [0.5, 0.6) is 5.75 Å². The molecule has 152 valence electrons. The van der Waals surface area contributed by atoms with Crippen molar-refractivity contribution in [3.8, 4) is 5.75 Å². The molecule has 5 rings (SSSR count). The third kappa shape index (κ3) is 2.71. The van der Waals surface area contributed by atoms with E-state index >= 15 is 0 Å². The molecule has 0 unspecified atom stereocenters. The number of hydrogen-bond donors (Lipinski definition) is 0. The summed E-state index contributed by atoms with van der Waals surface area (Å²) in [4.78, 5) is 27.3. The summed E-state index contributed by atoms with van der Waals surface area (Å²) in [6.07, 6.45) is 2.15. The molecule has 3 heterocycles. The summed E-state index contributed by atoms with van der Waals surface area (Å²) in [6, 6.07) is 19.6. The number of benzene rings is 2. The molecule has 0 spiro atoms. The smallest absolute Gasteiger partial charge is 0.274 e. The minimum absolute atomic E-state index is 0.131. The van der Waals surface area contributed by atoms with E-state index in [0.717, 1.165) is 16.9 Å². The van der Waals surface area contributed by atoms with Gasteiger partial charge in [0.25, 0.3) is 5.91 Å². The molecule has 2 atom stereocenters. The SMILES string of the molecule is Cc1c2n(ccc1=O)N1[C@@H](c3ccccc3)c3ccccc3OCC[C@@H]1N(C)C2=O. The average molecular weight is 401 g/mol. The number of para-hydroxylation sites is 1. The van der Waals surface area contributed by atoms with Gasteiger partial charge in [-0.3, -0.25) is 19.3 Å². The molecule has 0 N–H and O–H groups in total. The summed E-state index contributed by atoms with van der Waals surface area (Å²) in [5.41, 5.74) is 2.87. The fourth-order valence-electron chi connectivity index (χ4n) is 4.55. The lowest BCUT2D eigenvalue weighted by Crippen LogP contribution is -2.62. The number of ether oxygens (including phenoxy) is 1. The van der Waals surface area contributed by atoms with Crippen molar-refractivity contribution in [1.29, 1.82) is 0 Å². The van der Waals surface area contributed by atoms with Crippen LogP contribution in [0.1, 0.15) is 39.6 Å². The molecule has 0 aliphatic carbocycles. The predicted molar refractivity (Wildman–Crippen MR) is 114 cm³/mol. The van der Waals surface area contributed by atoms with Gasteiger partial charge < -0.3 is 9.64 Å². The second kappa shape index (κ2) is 7.06. The van der Waals surface area contributed by atoms with E-state index in [1.165, 1.54) is 6.07 Å². The number of carbonyl (C=O) groups is 1. The first-order chi connectivity index (χ1) is 14.6. The number of aromatic nitrogens is 1. The van der Waals surface area contributed by atoms with E-state index in [-0.39, 0.29) is 23.5 Å². The van der Waals surface area contributed by atoms with Gasteiger partial charge in [-0.2, -0.15) is 0 Å². The summed E-state index contributed by atoms with van der Waals surface area (Å²) in [5, 5.41) is 2.21. The average Bonchev–Trinajstić information content (AvgIpc) is 2.75. The minimum Gasteiger partial charge on any atom is -0.493 e. The van der Waals surface area contributed by atoms with Crippen molar-refractivity contribution in [1.82, 2.24) is 9.58 Å². The van der Waals surface area contributed by atoms with Crippen LogP contribution in [-0.4, -0.2) is 35.3 Å². The maximum absolute atomic E-state index is 13.2. The van der Waals surface area contributed by atoms with E-state index in [1.807, 2.05) is 41.1 Å². The number of rotatable bonds is 1. The molecule has 0 bridgehead atoms. The minimum atomic E-state index is -0.217. The molecule has 6 heteroatoms. The molecule has 2 aliphatic heterocycles. The zero-order chi connectivity index (χ0) is 20.8. The van der Waals surface area contributed by atoms with Crippen LogP contribution >= 0.6 is 0 Å². The lowest BCUT2D eigenvalue weighted by molar-refractivity contribution is 0.0578. The van der Waals surface area contributed by atoms with Gasteiger partial charge in [0, 0.05) is 36.9 Å². The second-order valence-corrected chi connectivity index (χ2v) is 7.76. The summed E-state index contributed by atoms with van der Waals surface area (Å²) < 4.78 is 8.00. The molecule has 30 heavy (non-hydrogen) atoms. The van der Waals surface area contributed by atoms with Crippen molar-refractivity contribution in [3.05, 3.63) is 99.5 Å². The standard InChI is InChI=1S/C24H23N3O3/c1-16-19(28)12-14-26-22(16)24(29)25(2)21-13-15-30-20-11-7-6-10-18(20)23(27(21)26)17-8-4-3-5-9-17/h3-12,14,21,23H,13,15H2,1-2H3/t21-,23+/m1/s1. The molecule has 1 aromatic heterocycles. The van der Waals surface area contributed by atoms with Gasteiger partial charge in [0.2, 0.25) is 0 Å². The van der Waals surface area contributed by atoms with E-state index in [9.17, 15) is 9.59 Å². The quantitative estimate of drug-likeness (QED) is 0.629. The second-order valence-electron chi connectivity index (χ2n) is 7.76. The van der Waals surface area contributed by atoms with Gasteiger partial charge in [-0.05, 0) is 18.6 Å². The molecule has 1 amide bonds. The van der Waals surface area contributed by atoms with Gasteiger partial charge in [-0.15, -0.1) is 0 Å². The number of amides is 1. The third-order valence-corrected chi connectivity index (χ3v) is 6.07. The van der Waals surface area contributed by atoms with Crippen molar-refractivity contribution in [2.75, 3.05) is 18.7 Å². The number of pyridine rings is 1. The highest BCUT2D eigenvalue weighted by molar-refractivity contribution is 5.95. The van der Waals surface area contributed by atoms with Crippen LogP contribution in [-0.2, 0) is 0 Å². The van der Waals surface area contributed by atoms with Crippen LogP contribution in [0, 0.1) is 6.92 Å². The Hall–Kier alpha value is -3.54. The van der Waals surface area contributed by atoms with Crippen LogP contribution < -0.4 is 15.2 Å². The van der Waals surface area contributed by atoms with Crippen LogP contribution in [0.15, 0.2) is 71.7 Å². The first-order valence-corrected chi connectivity index (χ1v) is 10.1. The summed E-state index contributed by atoms with van der Waals surface area (Å²) in [7, 11) is 1.80. The molecular weight excluding hydrogens is 378 g/mol. The summed E-state index contributed by atoms with van der Waals surface area (Å²) in [5.74, 6) is 0.691. The van der Waals surface area contributed by atoms with Crippen molar-refractivity contribution in [3.63, 3.8) is 0 Å². The van der Waals surface area contributed by atoms with Crippen molar-refractivity contribution < 1.29 is 9.53 Å². The highest BCUT2D eigenvalue weighted by atomic mass is 16.5. The molecule has 0 fully saturated rings. The third-order valence-electron chi connectivity index (χ3n) is 6.07. The van der Waals surface area contributed by atoms with E-state index < -0.39 is 0 Å². The van der Waals surface area contributed by atoms with Crippen molar-refractivity contribution >= 4 is 5.91 Å². The maximum Gasteiger partial charge on any atom is 0.274 e. The van der Waals surface area contributed by atoms with Crippen molar-refractivity contribution in [2.45, 2.75) is 25.6 Å². The normalized spacial score (nSPS) is 20.4. The fraction of sp³-hybridized carbons (Fsp3) is 0.250. The Bertz CT molecular complexity index is 1170. The molecule has 2 aliphatic rings. The first kappa shape index (κ1) is 18.5. The van der Waals surface area contributed by atoms with Crippen LogP contribution in [0.4, 0.5) is 0 Å². The zero-order valence-electron chi connectivity index (χ0n) is 17.0. The molecule has 3 aromatic rings. The van der Waals surface area contributed by atoms with E-state index in [1.54, 1.807) is 25.1 Å². The van der Waals surface area contributed by atoms with Crippen molar-refractivity contribution in [2.24, 2.45) is 0 Å². The van der Waals surface area contributed by atoms with E-state index in [2.05, 4.69) is 23.2 Å². The van der Waals surface area contributed by atoms with E-state index in [4.69, 9.17) is 4.74 Å². The van der Waals surface area contributed by atoms with Gasteiger partial charge in [0.05, 0.1) is 6.61 Å². The van der Waals surface area contributed by atoms with Gasteiger partial charge in [0.15, 0.2) is 5.43 Å². The Morgan fingerprint density at radius 3 is 2.50 bits per heavy atom. The molecule has 0 radical (unpaired) electrons. The van der Waals surface area contributed by atoms with Gasteiger partial charge >= 0.3 is 0 Å². The molecule has 0 saturated carbocycles. The summed E-state index contributed by atoms with van der Waals surface area (Å²) >= 11 is 0. The van der Waals surface area contributed by atoms with Gasteiger partial charge in [0.1, 0.15) is 23.7 Å². The largest absolute Gasteiger partial charge is 0.493 e. The Morgan fingerprint density at radius 1 is 0.967 bits per heavy atom. The Labute approximate surface area is 174 Å². The monoisotopic (exact) mass is 401 g/mol. The lowest BCUT2D eigenvalue weighted by Gasteiger charge is -2.50. The molecule has 6 nitrogen and oxygen atoms in total. The fourth-order valence-corrected chi connectivity index (χ4v) is 4.55. The maximum atomic E-state index is 13.2. The zero-order valence-corrected chi connectivity index (χ0v) is 17.0. The first-order valence-electron chi connectivity index (χ1n) is 10.1. The van der Waals surface area contributed by atoms with Gasteiger partial charge in [-0.1, -0.05) is 48.5 Å². The lowest BCUT2D eigenvalue weighted by atomic mass is 9.95. The number of fused-ring (bicyclic) bond motifs is 4. The molecule has 0 saturated heterocycles. The number of nitrogens with zero attached hydrogens (tertiary/aromatic N) is 3. The van der Waals surface area contributed by atoms with Crippen LogP contribution in [0.3, 0.4) is 0 Å². The Balaban J connectivity index is 1.83. The van der Waals surface area contributed by atoms with Crippen LogP contribution in [0.25, 0.3) is 0 Å². The molecule has 2 aromatic carbocycles. The summed E-state index contributed by atoms with van der Waals surface area (Å²) in [6.45, 7) is 2.21. The highest BCUT2D eigenvalue weighted by Crippen LogP contribution is 2.39. The predicted octanol–water partition coefficient (Wildman–Crippen LogP) is 3.08. The number of hydrogen-bond acceptors (Lipinski definition) is 4. The highest BCUT2D eigenvalue weighted by Gasteiger charge is 2.42. The van der Waals surface area contributed by atoms with Gasteiger partial charge in [-0.25, -0.2) is 0 Å². The Kier molecular flexibility index (Phi) is 4.35. The number of carbonyl (C=O) groups excluding carboxylic acids is 1. The Morgan fingerprint density at radius 2 is 1.70 bits per heavy atom. The molecular formula is C24H23N3O3.